The number of hydrogen-bond donors (Lipinski definition) is 4. The summed E-state index contributed by atoms with van der Waals surface area (Å²) >= 11 is 0. The fourth-order valence-electron chi connectivity index (χ4n) is 7.36. The second-order valence-corrected chi connectivity index (χ2v) is 18.1. The molecule has 1 saturated heterocycles. The Hall–Kier alpha value is -2.20. The highest BCUT2D eigenvalue weighted by atomic mass is 32.3. The number of aliphatic hydroxyl groups is 3. The van der Waals surface area contributed by atoms with Gasteiger partial charge in [-0.25, -0.2) is 4.18 Å². The third-order valence-corrected chi connectivity index (χ3v) is 11.6. The lowest BCUT2D eigenvalue weighted by Crippen LogP contribution is -2.60. The van der Waals surface area contributed by atoms with Gasteiger partial charge >= 0.3 is 16.4 Å². The summed E-state index contributed by atoms with van der Waals surface area (Å²) in [4.78, 5) is 12.9. The van der Waals surface area contributed by atoms with Crippen molar-refractivity contribution in [3.63, 3.8) is 0 Å². The number of ether oxygens (including phenoxy) is 4. The van der Waals surface area contributed by atoms with Crippen molar-refractivity contribution in [2.75, 3.05) is 26.4 Å². The highest BCUT2D eigenvalue weighted by molar-refractivity contribution is 7.80. The van der Waals surface area contributed by atoms with Crippen molar-refractivity contribution < 1.29 is 56.2 Å². The maximum Gasteiger partial charge on any atom is 0.397 e. The highest BCUT2D eigenvalue weighted by Gasteiger charge is 2.48. The normalized spacial score (nSPS) is 20.2. The lowest BCUT2D eigenvalue weighted by atomic mass is 9.99. The molecule has 0 aliphatic carbocycles. The molecule has 372 valence electrons. The fraction of sp³-hybridized carbons (Fsp3) is 0.784. The minimum Gasteiger partial charge on any atom is -0.457 e. The van der Waals surface area contributed by atoms with E-state index < -0.39 is 59.8 Å². The molecule has 0 saturated carbocycles. The van der Waals surface area contributed by atoms with Crippen molar-refractivity contribution in [2.45, 2.75) is 230 Å². The summed E-state index contributed by atoms with van der Waals surface area (Å²) in [5.74, 6) is -0.407. The van der Waals surface area contributed by atoms with Gasteiger partial charge in [0, 0.05) is 13.0 Å². The summed E-state index contributed by atoms with van der Waals surface area (Å²) < 4.78 is 59.2. The molecule has 0 aromatic heterocycles. The third kappa shape index (κ3) is 35.1. The van der Waals surface area contributed by atoms with E-state index in [1.165, 1.54) is 89.9 Å². The van der Waals surface area contributed by atoms with Crippen molar-refractivity contribution in [1.82, 2.24) is 0 Å². The van der Waals surface area contributed by atoms with E-state index in [2.05, 4.69) is 78.8 Å². The Labute approximate surface area is 388 Å². The van der Waals surface area contributed by atoms with Crippen LogP contribution in [0.5, 0.6) is 0 Å². The van der Waals surface area contributed by atoms with E-state index in [9.17, 15) is 33.1 Å². The molecule has 64 heavy (non-hydrogen) atoms. The van der Waals surface area contributed by atoms with Gasteiger partial charge in [0.2, 0.25) is 0 Å². The largest absolute Gasteiger partial charge is 0.457 e. The number of esters is 1. The molecule has 0 aromatic rings. The SMILES string of the molecule is CC/C=C\C/C=C\C/C=C\C/C=C\CCCCCCCCCCCCC(=O)OC(COCCCCCCCC/C=C\CCCCCC)COC1OC(CO)C(O)C(OS(=O)(=O)O)C1O. The van der Waals surface area contributed by atoms with Crippen LogP contribution in [-0.4, -0.2) is 97.5 Å². The molecule has 6 unspecified atom stereocenters. The van der Waals surface area contributed by atoms with Gasteiger partial charge in [0.15, 0.2) is 6.29 Å². The first kappa shape index (κ1) is 59.8. The zero-order valence-corrected chi connectivity index (χ0v) is 40.6. The second-order valence-electron chi connectivity index (χ2n) is 17.0. The fourth-order valence-corrected chi connectivity index (χ4v) is 7.87. The minimum atomic E-state index is -5.07. The summed E-state index contributed by atoms with van der Waals surface area (Å²) in [6.07, 6.45) is 43.9. The number of allylic oxidation sites excluding steroid dienone is 10. The van der Waals surface area contributed by atoms with E-state index >= 15 is 0 Å². The van der Waals surface area contributed by atoms with Gasteiger partial charge in [-0.05, 0) is 77.0 Å². The Morgan fingerprint density at radius 1 is 0.609 bits per heavy atom. The average molecular weight is 927 g/mol. The summed E-state index contributed by atoms with van der Waals surface area (Å²) in [5.41, 5.74) is 0. The summed E-state index contributed by atoms with van der Waals surface area (Å²) in [7, 11) is -5.07. The smallest absolute Gasteiger partial charge is 0.397 e. The molecule has 4 N–H and O–H groups in total. The Kier molecular flexibility index (Phi) is 39.4. The maximum atomic E-state index is 12.9. The number of carbonyl (C=O) groups excluding carboxylic acids is 1. The van der Waals surface area contributed by atoms with Crippen LogP contribution in [0, 0.1) is 0 Å². The zero-order valence-electron chi connectivity index (χ0n) is 39.8. The molecule has 1 aliphatic heterocycles. The van der Waals surface area contributed by atoms with Gasteiger partial charge in [-0.15, -0.1) is 0 Å². The lowest BCUT2D eigenvalue weighted by Gasteiger charge is -2.41. The zero-order chi connectivity index (χ0) is 46.8. The topological polar surface area (TPSA) is 178 Å². The molecule has 12 nitrogen and oxygen atoms in total. The molecule has 1 fully saturated rings. The van der Waals surface area contributed by atoms with Gasteiger partial charge < -0.3 is 34.3 Å². The molecule has 0 radical (unpaired) electrons. The summed E-state index contributed by atoms with van der Waals surface area (Å²) in [6.45, 7) is 3.85. The molecule has 0 bridgehead atoms. The monoisotopic (exact) mass is 927 g/mol. The number of hydrogen-bond acceptors (Lipinski definition) is 11. The average Bonchev–Trinajstić information content (AvgIpc) is 3.27. The first-order chi connectivity index (χ1) is 31.1. The van der Waals surface area contributed by atoms with Crippen LogP contribution >= 0.6 is 0 Å². The van der Waals surface area contributed by atoms with Gasteiger partial charge in [-0.3, -0.25) is 9.35 Å². The first-order valence-corrected chi connectivity index (χ1v) is 26.4. The van der Waals surface area contributed by atoms with Crippen LogP contribution in [0.1, 0.15) is 194 Å². The van der Waals surface area contributed by atoms with Crippen LogP contribution in [-0.2, 0) is 38.3 Å². The molecule has 1 heterocycles. The quantitative estimate of drug-likeness (QED) is 0.0197. The predicted octanol–water partition coefficient (Wildman–Crippen LogP) is 11.3. The van der Waals surface area contributed by atoms with Gasteiger partial charge in [0.05, 0.1) is 19.8 Å². The molecule has 13 heteroatoms. The van der Waals surface area contributed by atoms with Gasteiger partial charge in [0.1, 0.15) is 30.5 Å². The Bertz CT molecular complexity index is 1350. The lowest BCUT2D eigenvalue weighted by molar-refractivity contribution is -0.301. The number of aliphatic hydroxyl groups excluding tert-OH is 3. The van der Waals surface area contributed by atoms with Crippen LogP contribution in [0.2, 0.25) is 0 Å². The van der Waals surface area contributed by atoms with E-state index in [4.69, 9.17) is 18.9 Å². The molecule has 0 aromatic carbocycles. The molecular weight excluding hydrogens is 837 g/mol. The van der Waals surface area contributed by atoms with Crippen LogP contribution in [0.4, 0.5) is 0 Å². The molecule has 0 spiro atoms. The van der Waals surface area contributed by atoms with Crippen LogP contribution in [0.25, 0.3) is 0 Å². The van der Waals surface area contributed by atoms with Crippen molar-refractivity contribution in [1.29, 1.82) is 0 Å². The Morgan fingerprint density at radius 3 is 1.59 bits per heavy atom. The van der Waals surface area contributed by atoms with Crippen molar-refractivity contribution in [3.8, 4) is 0 Å². The highest BCUT2D eigenvalue weighted by Crippen LogP contribution is 2.26. The standard InChI is InChI=1S/C51H90O12S/c1-3-5-7-9-11-13-15-17-19-20-21-22-23-24-25-26-27-28-30-32-34-36-38-40-47(53)61-45(43-59-41-39-37-35-33-31-29-18-16-14-12-10-8-6-4-2)44-60-51-49(55)50(63-64(56,57)58)48(54)46(42-52)62-51/h5,7,11,13-14,16-17,19,21-22,45-46,48-52,54-55H,3-4,6,8-10,12,15,18,20,23-44H2,1-2H3,(H,56,57,58)/b7-5-,13-11-,16-14-,19-17-,22-21-. The Morgan fingerprint density at radius 2 is 1.08 bits per heavy atom. The van der Waals surface area contributed by atoms with Crippen LogP contribution in [0.3, 0.4) is 0 Å². The van der Waals surface area contributed by atoms with Crippen molar-refractivity contribution >= 4 is 16.4 Å². The van der Waals surface area contributed by atoms with Gasteiger partial charge in [-0.2, -0.15) is 8.42 Å². The van der Waals surface area contributed by atoms with E-state index in [0.717, 1.165) is 77.0 Å². The van der Waals surface area contributed by atoms with Crippen molar-refractivity contribution in [3.05, 3.63) is 60.8 Å². The van der Waals surface area contributed by atoms with Crippen LogP contribution < -0.4 is 0 Å². The van der Waals surface area contributed by atoms with Gasteiger partial charge in [0.25, 0.3) is 0 Å². The van der Waals surface area contributed by atoms with Crippen LogP contribution in [0.15, 0.2) is 60.8 Å². The van der Waals surface area contributed by atoms with Crippen molar-refractivity contribution in [2.24, 2.45) is 0 Å². The summed E-state index contributed by atoms with van der Waals surface area (Å²) in [5, 5.41) is 30.7. The third-order valence-electron chi connectivity index (χ3n) is 11.1. The molecular formula is C51H90O12S. The maximum absolute atomic E-state index is 12.9. The minimum absolute atomic E-state index is 0.0285. The Balaban J connectivity index is 2.36. The van der Waals surface area contributed by atoms with E-state index in [-0.39, 0.29) is 19.6 Å². The molecule has 0 amide bonds. The van der Waals surface area contributed by atoms with E-state index in [1.54, 1.807) is 0 Å². The van der Waals surface area contributed by atoms with E-state index in [1.807, 2.05) is 0 Å². The molecule has 1 aliphatic rings. The molecule has 1 rings (SSSR count). The number of rotatable bonds is 43. The molecule has 6 atom stereocenters. The van der Waals surface area contributed by atoms with E-state index in [0.29, 0.717) is 13.0 Å². The number of unbranched alkanes of at least 4 members (excludes halogenated alkanes) is 20. The summed E-state index contributed by atoms with van der Waals surface area (Å²) in [6, 6.07) is 0. The first-order valence-electron chi connectivity index (χ1n) is 25.0. The second kappa shape index (κ2) is 42.2. The predicted molar refractivity (Wildman–Crippen MR) is 257 cm³/mol. The van der Waals surface area contributed by atoms with Gasteiger partial charge in [-0.1, -0.05) is 171 Å². The number of carbonyl (C=O) groups is 1.